The van der Waals surface area contributed by atoms with Gasteiger partial charge in [0.25, 0.3) is 0 Å². The normalized spacial score (nSPS) is 32.6. The molecule has 2 N–H and O–H groups in total. The molecular formula is C20H22O6. The Morgan fingerprint density at radius 2 is 1.46 bits per heavy atom. The molecule has 6 atom stereocenters. The highest BCUT2D eigenvalue weighted by Crippen LogP contribution is 2.38. The fraction of sp³-hybridized carbons (Fsp3) is 0.400. The molecule has 6 heteroatoms. The van der Waals surface area contributed by atoms with Crippen LogP contribution in [0.4, 0.5) is 0 Å². The second-order valence-electron chi connectivity index (χ2n) is 6.44. The van der Waals surface area contributed by atoms with Gasteiger partial charge in [0, 0.05) is 11.1 Å². The summed E-state index contributed by atoms with van der Waals surface area (Å²) in [5, 5.41) is 19.8. The lowest BCUT2D eigenvalue weighted by Crippen LogP contribution is -2.58. The number of hydrogen-bond donors (Lipinski definition) is 2. The molecule has 2 aromatic rings. The lowest BCUT2D eigenvalue weighted by atomic mass is 9.99. The van der Waals surface area contributed by atoms with Crippen molar-refractivity contribution >= 4 is 0 Å². The second-order valence-corrected chi connectivity index (χ2v) is 6.44. The summed E-state index contributed by atoms with van der Waals surface area (Å²) in [6.45, 7) is -0.110. The standard InChI is InChI=1S/C20H22O6/c21-11-15(22)17-18-16(24-20(25-17)14-9-5-2-6-10-14)12-23-19(26-18)13-7-3-1-4-8-13/h1-10,15-22H,11-12H2/t15?,16?,17-,18-,19?,20+/m1/s1. The lowest BCUT2D eigenvalue weighted by Gasteiger charge is -2.47. The van der Waals surface area contributed by atoms with Gasteiger partial charge in [-0.3, -0.25) is 0 Å². The molecule has 0 bridgehead atoms. The van der Waals surface area contributed by atoms with Crippen LogP contribution in [0, 0.1) is 0 Å². The number of fused-ring (bicyclic) bond motifs is 1. The van der Waals surface area contributed by atoms with E-state index in [1.165, 1.54) is 0 Å². The molecule has 2 aliphatic heterocycles. The number of ether oxygens (including phenoxy) is 4. The first-order chi connectivity index (χ1) is 12.8. The van der Waals surface area contributed by atoms with Crippen LogP contribution < -0.4 is 0 Å². The molecule has 0 aliphatic carbocycles. The zero-order chi connectivity index (χ0) is 17.9. The maximum atomic E-state index is 10.3. The molecule has 0 saturated carbocycles. The van der Waals surface area contributed by atoms with Gasteiger partial charge in [0.15, 0.2) is 12.6 Å². The fourth-order valence-corrected chi connectivity index (χ4v) is 3.33. The van der Waals surface area contributed by atoms with Crippen LogP contribution in [-0.4, -0.2) is 47.8 Å². The summed E-state index contributed by atoms with van der Waals surface area (Å²) in [4.78, 5) is 0. The number of rotatable bonds is 4. The summed E-state index contributed by atoms with van der Waals surface area (Å²) in [6.07, 6.45) is -3.96. The summed E-state index contributed by atoms with van der Waals surface area (Å²) < 4.78 is 23.9. The van der Waals surface area contributed by atoms with E-state index in [1.54, 1.807) is 0 Å². The van der Waals surface area contributed by atoms with Crippen molar-refractivity contribution in [2.75, 3.05) is 13.2 Å². The van der Waals surface area contributed by atoms with Crippen molar-refractivity contribution in [2.45, 2.75) is 37.0 Å². The molecule has 3 unspecified atom stereocenters. The van der Waals surface area contributed by atoms with Gasteiger partial charge < -0.3 is 29.2 Å². The Morgan fingerprint density at radius 3 is 2.08 bits per heavy atom. The second kappa shape index (κ2) is 7.84. The highest BCUT2D eigenvalue weighted by molar-refractivity contribution is 5.18. The first-order valence-corrected chi connectivity index (χ1v) is 8.73. The molecule has 0 aromatic heterocycles. The SMILES string of the molecule is OCC(O)[C@H]1O[C@@H](c2ccccc2)OC2COC(c3ccccc3)O[C@H]21. The van der Waals surface area contributed by atoms with E-state index in [4.69, 9.17) is 18.9 Å². The van der Waals surface area contributed by atoms with E-state index < -0.39 is 43.6 Å². The van der Waals surface area contributed by atoms with Crippen LogP contribution >= 0.6 is 0 Å². The molecular weight excluding hydrogens is 336 g/mol. The smallest absolute Gasteiger partial charge is 0.184 e. The molecule has 0 radical (unpaired) electrons. The minimum Gasteiger partial charge on any atom is -0.394 e. The molecule has 4 rings (SSSR count). The van der Waals surface area contributed by atoms with Crippen LogP contribution in [0.3, 0.4) is 0 Å². The molecule has 6 nitrogen and oxygen atoms in total. The van der Waals surface area contributed by atoms with Crippen LogP contribution in [0.5, 0.6) is 0 Å². The van der Waals surface area contributed by atoms with E-state index in [1.807, 2.05) is 60.7 Å². The Hall–Kier alpha value is -1.80. The quantitative estimate of drug-likeness (QED) is 0.870. The maximum absolute atomic E-state index is 10.3. The zero-order valence-corrected chi connectivity index (χ0v) is 14.2. The predicted molar refractivity (Wildman–Crippen MR) is 92.0 cm³/mol. The average molecular weight is 358 g/mol. The van der Waals surface area contributed by atoms with E-state index in [2.05, 4.69) is 0 Å². The molecule has 0 spiro atoms. The van der Waals surface area contributed by atoms with Crippen molar-refractivity contribution in [2.24, 2.45) is 0 Å². The molecule has 2 heterocycles. The number of hydrogen-bond acceptors (Lipinski definition) is 6. The fourth-order valence-electron chi connectivity index (χ4n) is 3.33. The Kier molecular flexibility index (Phi) is 5.31. The van der Waals surface area contributed by atoms with E-state index in [9.17, 15) is 10.2 Å². The van der Waals surface area contributed by atoms with E-state index in [-0.39, 0.29) is 0 Å². The number of aliphatic hydroxyl groups excluding tert-OH is 2. The first-order valence-electron chi connectivity index (χ1n) is 8.73. The van der Waals surface area contributed by atoms with E-state index >= 15 is 0 Å². The third-order valence-corrected chi connectivity index (χ3v) is 4.67. The zero-order valence-electron chi connectivity index (χ0n) is 14.2. The van der Waals surface area contributed by atoms with Gasteiger partial charge in [-0.2, -0.15) is 0 Å². The maximum Gasteiger partial charge on any atom is 0.184 e. The van der Waals surface area contributed by atoms with Crippen molar-refractivity contribution in [1.29, 1.82) is 0 Å². The molecule has 2 aliphatic rings. The minimum absolute atomic E-state index is 0.311. The van der Waals surface area contributed by atoms with Crippen LogP contribution in [0.15, 0.2) is 60.7 Å². The minimum atomic E-state index is -1.08. The summed E-state index contributed by atoms with van der Waals surface area (Å²) in [7, 11) is 0. The van der Waals surface area contributed by atoms with Gasteiger partial charge in [0.05, 0.1) is 13.2 Å². The van der Waals surface area contributed by atoms with Gasteiger partial charge in [-0.25, -0.2) is 0 Å². The molecule has 2 saturated heterocycles. The first kappa shape index (κ1) is 17.6. The Labute approximate surface area is 151 Å². The highest BCUT2D eigenvalue weighted by atomic mass is 16.8. The van der Waals surface area contributed by atoms with Crippen molar-refractivity contribution in [3.05, 3.63) is 71.8 Å². The monoisotopic (exact) mass is 358 g/mol. The van der Waals surface area contributed by atoms with E-state index in [0.717, 1.165) is 11.1 Å². The largest absolute Gasteiger partial charge is 0.394 e. The van der Waals surface area contributed by atoms with Crippen molar-refractivity contribution in [3.8, 4) is 0 Å². The van der Waals surface area contributed by atoms with Gasteiger partial charge in [0.1, 0.15) is 24.4 Å². The van der Waals surface area contributed by atoms with Crippen LogP contribution in [0.2, 0.25) is 0 Å². The van der Waals surface area contributed by atoms with Gasteiger partial charge in [-0.15, -0.1) is 0 Å². The third kappa shape index (κ3) is 3.53. The van der Waals surface area contributed by atoms with Crippen molar-refractivity contribution < 1.29 is 29.2 Å². The topological polar surface area (TPSA) is 77.4 Å². The Morgan fingerprint density at radius 1 is 0.846 bits per heavy atom. The molecule has 138 valence electrons. The van der Waals surface area contributed by atoms with Gasteiger partial charge in [0.2, 0.25) is 0 Å². The van der Waals surface area contributed by atoms with Crippen molar-refractivity contribution in [1.82, 2.24) is 0 Å². The van der Waals surface area contributed by atoms with Crippen LogP contribution in [0.1, 0.15) is 23.7 Å². The number of benzene rings is 2. The van der Waals surface area contributed by atoms with Crippen molar-refractivity contribution in [3.63, 3.8) is 0 Å². The highest BCUT2D eigenvalue weighted by Gasteiger charge is 2.48. The number of aliphatic hydroxyl groups is 2. The van der Waals surface area contributed by atoms with Gasteiger partial charge in [-0.1, -0.05) is 60.7 Å². The van der Waals surface area contributed by atoms with Crippen LogP contribution in [-0.2, 0) is 18.9 Å². The summed E-state index contributed by atoms with van der Waals surface area (Å²) in [6, 6.07) is 19.1. The molecule has 2 fully saturated rings. The summed E-state index contributed by atoms with van der Waals surface area (Å²) in [5.74, 6) is 0. The van der Waals surface area contributed by atoms with E-state index in [0.29, 0.717) is 6.61 Å². The average Bonchev–Trinajstić information content (AvgIpc) is 2.73. The third-order valence-electron chi connectivity index (χ3n) is 4.67. The van der Waals surface area contributed by atoms with Crippen LogP contribution in [0.25, 0.3) is 0 Å². The predicted octanol–water partition coefficient (Wildman–Crippen LogP) is 1.94. The summed E-state index contributed by atoms with van der Waals surface area (Å²) in [5.41, 5.74) is 1.72. The lowest BCUT2D eigenvalue weighted by molar-refractivity contribution is -0.373. The Balaban J connectivity index is 1.56. The van der Waals surface area contributed by atoms with Gasteiger partial charge in [-0.05, 0) is 0 Å². The van der Waals surface area contributed by atoms with Gasteiger partial charge >= 0.3 is 0 Å². The summed E-state index contributed by atoms with van der Waals surface area (Å²) >= 11 is 0. The molecule has 2 aromatic carbocycles. The molecule has 0 amide bonds. The Bertz CT molecular complexity index is 692. The molecule has 26 heavy (non-hydrogen) atoms.